The molecule has 0 fully saturated rings. The Kier molecular flexibility index (Phi) is 7.31. The fourth-order valence-electron chi connectivity index (χ4n) is 2.51. The van der Waals surface area contributed by atoms with Crippen molar-refractivity contribution < 1.29 is 32.6 Å². The number of benzene rings is 2. The van der Waals surface area contributed by atoms with E-state index in [1.165, 1.54) is 27.2 Å². The van der Waals surface area contributed by atoms with E-state index < -0.39 is 29.6 Å². The molecule has 0 aromatic heterocycles. The van der Waals surface area contributed by atoms with Gasteiger partial charge in [-0.15, -0.1) is 0 Å². The van der Waals surface area contributed by atoms with Gasteiger partial charge in [0.25, 0.3) is 5.91 Å². The van der Waals surface area contributed by atoms with Crippen LogP contribution in [0.4, 0.5) is 14.5 Å². The minimum atomic E-state index is -1.10. The molecule has 6 nitrogen and oxygen atoms in total. The van der Waals surface area contributed by atoms with E-state index in [2.05, 4.69) is 5.32 Å². The Morgan fingerprint density at radius 1 is 1.07 bits per heavy atom. The molecule has 0 radical (unpaired) electrons. The first-order chi connectivity index (χ1) is 13.3. The lowest BCUT2D eigenvalue weighted by molar-refractivity contribution is -0.153. The van der Waals surface area contributed by atoms with Gasteiger partial charge in [-0.1, -0.05) is 12.1 Å². The van der Waals surface area contributed by atoms with Gasteiger partial charge < -0.3 is 19.5 Å². The normalized spacial score (nSPS) is 11.5. The maximum Gasteiger partial charge on any atom is 0.306 e. The highest BCUT2D eigenvalue weighted by Crippen LogP contribution is 2.31. The van der Waals surface area contributed by atoms with Crippen LogP contribution in [0.25, 0.3) is 0 Å². The third-order valence-corrected chi connectivity index (χ3v) is 3.95. The zero-order valence-corrected chi connectivity index (χ0v) is 15.8. The molecule has 0 aliphatic heterocycles. The van der Waals surface area contributed by atoms with E-state index in [1.807, 2.05) is 0 Å². The predicted octanol–water partition coefficient (Wildman–Crippen LogP) is 3.49. The standard InChI is InChI=1S/C20H21F2NO5/c1-12(20(25)23-14-8-9-15(21)16(22)11-14)28-18(24)10-7-13-5-4-6-17(26-2)19(13)27-3/h4-6,8-9,11-12H,7,10H2,1-3H3,(H,23,25)/t12-/m0/s1. The summed E-state index contributed by atoms with van der Waals surface area (Å²) in [5, 5.41) is 2.36. The number of carbonyl (C=O) groups is 2. The van der Waals surface area contributed by atoms with Crippen LogP contribution in [0.15, 0.2) is 36.4 Å². The summed E-state index contributed by atoms with van der Waals surface area (Å²) in [5.41, 5.74) is 0.825. The van der Waals surface area contributed by atoms with E-state index in [4.69, 9.17) is 14.2 Å². The van der Waals surface area contributed by atoms with Crippen LogP contribution in [0.2, 0.25) is 0 Å². The Balaban J connectivity index is 1.90. The molecule has 2 aromatic carbocycles. The van der Waals surface area contributed by atoms with Crippen molar-refractivity contribution in [2.75, 3.05) is 19.5 Å². The summed E-state index contributed by atoms with van der Waals surface area (Å²) in [6.07, 6.45) is -0.754. The van der Waals surface area contributed by atoms with Gasteiger partial charge in [-0.25, -0.2) is 8.78 Å². The molecule has 0 aliphatic carbocycles. The highest BCUT2D eigenvalue weighted by Gasteiger charge is 2.19. The maximum absolute atomic E-state index is 13.2. The lowest BCUT2D eigenvalue weighted by atomic mass is 10.1. The number of methoxy groups -OCH3 is 2. The van der Waals surface area contributed by atoms with E-state index in [1.54, 1.807) is 18.2 Å². The summed E-state index contributed by atoms with van der Waals surface area (Å²) < 4.78 is 41.7. The smallest absolute Gasteiger partial charge is 0.306 e. The fourth-order valence-corrected chi connectivity index (χ4v) is 2.51. The Labute approximate surface area is 161 Å². The molecule has 0 spiro atoms. The van der Waals surface area contributed by atoms with Gasteiger partial charge in [0, 0.05) is 18.2 Å². The van der Waals surface area contributed by atoms with Crippen LogP contribution in [-0.4, -0.2) is 32.2 Å². The maximum atomic E-state index is 13.2. The number of amides is 1. The quantitative estimate of drug-likeness (QED) is 0.695. The van der Waals surface area contributed by atoms with Gasteiger partial charge in [0.15, 0.2) is 29.2 Å². The molecule has 0 bridgehead atoms. The summed E-state index contributed by atoms with van der Waals surface area (Å²) in [6.45, 7) is 1.39. The Bertz CT molecular complexity index is 856. The van der Waals surface area contributed by atoms with Crippen LogP contribution in [0.1, 0.15) is 18.9 Å². The van der Waals surface area contributed by atoms with Gasteiger partial charge in [0.2, 0.25) is 0 Å². The SMILES string of the molecule is COc1cccc(CCC(=O)O[C@@H](C)C(=O)Nc2ccc(F)c(F)c2)c1OC. The minimum Gasteiger partial charge on any atom is -0.493 e. The molecular formula is C20H21F2NO5. The van der Waals surface area contributed by atoms with Crippen molar-refractivity contribution in [3.63, 3.8) is 0 Å². The topological polar surface area (TPSA) is 73.9 Å². The molecule has 28 heavy (non-hydrogen) atoms. The average molecular weight is 393 g/mol. The number of halogens is 2. The molecule has 1 N–H and O–H groups in total. The molecule has 0 aliphatic rings. The second-order valence-corrected chi connectivity index (χ2v) is 5.90. The number of anilines is 1. The number of nitrogens with one attached hydrogen (secondary N) is 1. The minimum absolute atomic E-state index is 0.0202. The summed E-state index contributed by atoms with van der Waals surface area (Å²) in [7, 11) is 3.02. The van der Waals surface area contributed by atoms with Crippen molar-refractivity contribution in [2.45, 2.75) is 25.9 Å². The van der Waals surface area contributed by atoms with Gasteiger partial charge in [0.1, 0.15) is 0 Å². The van der Waals surface area contributed by atoms with E-state index in [0.717, 1.165) is 17.7 Å². The number of para-hydroxylation sites is 1. The van der Waals surface area contributed by atoms with Crippen LogP contribution >= 0.6 is 0 Å². The number of hydrogen-bond donors (Lipinski definition) is 1. The second kappa shape index (κ2) is 9.68. The number of rotatable bonds is 8. The lowest BCUT2D eigenvalue weighted by Crippen LogP contribution is -2.30. The van der Waals surface area contributed by atoms with E-state index >= 15 is 0 Å². The van der Waals surface area contributed by atoms with E-state index in [-0.39, 0.29) is 12.1 Å². The largest absolute Gasteiger partial charge is 0.493 e. The van der Waals surface area contributed by atoms with Crippen LogP contribution in [-0.2, 0) is 20.7 Å². The van der Waals surface area contributed by atoms with Gasteiger partial charge in [-0.2, -0.15) is 0 Å². The number of esters is 1. The van der Waals surface area contributed by atoms with E-state index in [0.29, 0.717) is 17.9 Å². The number of hydrogen-bond acceptors (Lipinski definition) is 5. The molecule has 2 aromatic rings. The molecule has 1 amide bonds. The Morgan fingerprint density at radius 3 is 2.46 bits per heavy atom. The van der Waals surface area contributed by atoms with Gasteiger partial charge in [-0.05, 0) is 37.1 Å². The third kappa shape index (κ3) is 5.42. The van der Waals surface area contributed by atoms with Gasteiger partial charge in [-0.3, -0.25) is 9.59 Å². The number of ether oxygens (including phenoxy) is 3. The monoisotopic (exact) mass is 393 g/mol. The summed E-state index contributed by atoms with van der Waals surface area (Å²) >= 11 is 0. The van der Waals surface area contributed by atoms with Crippen molar-refractivity contribution in [2.24, 2.45) is 0 Å². The average Bonchev–Trinajstić information content (AvgIpc) is 2.68. The zero-order chi connectivity index (χ0) is 20.7. The molecule has 1 atom stereocenters. The van der Waals surface area contributed by atoms with Crippen molar-refractivity contribution in [1.29, 1.82) is 0 Å². The summed E-state index contributed by atoms with van der Waals surface area (Å²) in [5.74, 6) is -2.27. The van der Waals surface area contributed by atoms with Crippen molar-refractivity contribution in [3.05, 3.63) is 53.6 Å². The molecule has 0 saturated heterocycles. The fraction of sp³-hybridized carbons (Fsp3) is 0.300. The molecular weight excluding hydrogens is 372 g/mol. The third-order valence-electron chi connectivity index (χ3n) is 3.95. The molecule has 0 saturated carbocycles. The van der Waals surface area contributed by atoms with Gasteiger partial charge in [0.05, 0.1) is 14.2 Å². The molecule has 150 valence electrons. The first kappa shape index (κ1) is 21.1. The molecule has 0 heterocycles. The van der Waals surface area contributed by atoms with E-state index in [9.17, 15) is 18.4 Å². The predicted molar refractivity (Wildman–Crippen MR) is 98.4 cm³/mol. The first-order valence-corrected chi connectivity index (χ1v) is 8.51. The van der Waals surface area contributed by atoms with Crippen molar-refractivity contribution >= 4 is 17.6 Å². The highest BCUT2D eigenvalue weighted by molar-refractivity contribution is 5.95. The Morgan fingerprint density at radius 2 is 1.82 bits per heavy atom. The summed E-state index contributed by atoms with van der Waals surface area (Å²) in [4.78, 5) is 24.1. The Hall–Kier alpha value is -3.16. The summed E-state index contributed by atoms with van der Waals surface area (Å²) in [6, 6.07) is 8.26. The van der Waals surface area contributed by atoms with Crippen LogP contribution in [0, 0.1) is 11.6 Å². The first-order valence-electron chi connectivity index (χ1n) is 8.51. The van der Waals surface area contributed by atoms with Crippen LogP contribution in [0.3, 0.4) is 0 Å². The molecule has 2 rings (SSSR count). The van der Waals surface area contributed by atoms with Crippen molar-refractivity contribution in [3.8, 4) is 11.5 Å². The molecule has 0 unspecified atom stereocenters. The highest BCUT2D eigenvalue weighted by atomic mass is 19.2. The van der Waals surface area contributed by atoms with Crippen LogP contribution < -0.4 is 14.8 Å². The number of carbonyl (C=O) groups excluding carboxylic acids is 2. The van der Waals surface area contributed by atoms with Crippen molar-refractivity contribution in [1.82, 2.24) is 0 Å². The second-order valence-electron chi connectivity index (χ2n) is 5.90. The number of aryl methyl sites for hydroxylation is 1. The lowest BCUT2D eigenvalue weighted by Gasteiger charge is -2.15. The molecule has 8 heteroatoms. The van der Waals surface area contributed by atoms with Crippen LogP contribution in [0.5, 0.6) is 11.5 Å². The zero-order valence-electron chi connectivity index (χ0n) is 15.8. The van der Waals surface area contributed by atoms with Gasteiger partial charge >= 0.3 is 5.97 Å².